The fourth-order valence-corrected chi connectivity index (χ4v) is 2.62. The zero-order chi connectivity index (χ0) is 18.2. The first-order valence-electron chi connectivity index (χ1n) is 8.80. The average molecular weight is 353 g/mol. The standard InChI is InChI=1S/C20H23N3O3/c1-2-25-18-9-6-13-23-15-16(22-20(18)23)10-12-21-19(24)11-14-26-17-7-4-3-5-8-17/h3-9,13,15H,2,10-12,14H2,1H3,(H,21,24). The molecule has 3 aromatic rings. The minimum Gasteiger partial charge on any atom is -0.493 e. The smallest absolute Gasteiger partial charge is 0.223 e. The summed E-state index contributed by atoms with van der Waals surface area (Å²) in [6, 6.07) is 13.3. The quantitative estimate of drug-likeness (QED) is 0.642. The molecule has 0 bridgehead atoms. The summed E-state index contributed by atoms with van der Waals surface area (Å²) in [4.78, 5) is 16.5. The highest BCUT2D eigenvalue weighted by atomic mass is 16.5. The van der Waals surface area contributed by atoms with Gasteiger partial charge in [-0.25, -0.2) is 4.98 Å². The van der Waals surface area contributed by atoms with Crippen LogP contribution in [-0.2, 0) is 11.2 Å². The predicted octanol–water partition coefficient (Wildman–Crippen LogP) is 2.86. The zero-order valence-electron chi connectivity index (χ0n) is 14.9. The first-order chi connectivity index (χ1) is 12.8. The molecule has 0 unspecified atom stereocenters. The van der Waals surface area contributed by atoms with E-state index in [9.17, 15) is 4.79 Å². The molecule has 136 valence electrons. The van der Waals surface area contributed by atoms with Crippen LogP contribution in [0.15, 0.2) is 54.9 Å². The van der Waals surface area contributed by atoms with E-state index in [1.807, 2.05) is 66.2 Å². The Morgan fingerprint density at radius 3 is 2.81 bits per heavy atom. The maximum atomic E-state index is 11.9. The van der Waals surface area contributed by atoms with Crippen LogP contribution in [-0.4, -0.2) is 35.1 Å². The normalized spacial score (nSPS) is 10.7. The maximum absolute atomic E-state index is 11.9. The van der Waals surface area contributed by atoms with Crippen molar-refractivity contribution in [2.24, 2.45) is 0 Å². The van der Waals surface area contributed by atoms with Gasteiger partial charge in [0, 0.05) is 25.4 Å². The maximum Gasteiger partial charge on any atom is 0.223 e. The van der Waals surface area contributed by atoms with Gasteiger partial charge in [-0.3, -0.25) is 4.79 Å². The zero-order valence-corrected chi connectivity index (χ0v) is 14.9. The van der Waals surface area contributed by atoms with Crippen molar-refractivity contribution in [3.8, 4) is 11.5 Å². The lowest BCUT2D eigenvalue weighted by atomic mass is 10.3. The number of ether oxygens (including phenoxy) is 2. The molecule has 0 saturated heterocycles. The van der Waals surface area contributed by atoms with Gasteiger partial charge < -0.3 is 19.2 Å². The van der Waals surface area contributed by atoms with Crippen LogP contribution < -0.4 is 14.8 Å². The van der Waals surface area contributed by atoms with Crippen molar-refractivity contribution >= 4 is 11.6 Å². The SMILES string of the molecule is CCOc1cccn2cc(CCNC(=O)CCOc3ccccc3)nc12. The van der Waals surface area contributed by atoms with E-state index in [1.165, 1.54) is 0 Å². The lowest BCUT2D eigenvalue weighted by Gasteiger charge is -2.06. The average Bonchev–Trinajstić information content (AvgIpc) is 3.07. The molecule has 0 spiro atoms. The van der Waals surface area contributed by atoms with Crippen molar-refractivity contribution in [1.82, 2.24) is 14.7 Å². The van der Waals surface area contributed by atoms with E-state index in [-0.39, 0.29) is 5.91 Å². The topological polar surface area (TPSA) is 64.9 Å². The third-order valence-electron chi connectivity index (χ3n) is 3.84. The van der Waals surface area contributed by atoms with Crippen LogP contribution in [0.25, 0.3) is 5.65 Å². The lowest BCUT2D eigenvalue weighted by molar-refractivity contribution is -0.121. The lowest BCUT2D eigenvalue weighted by Crippen LogP contribution is -2.27. The molecule has 0 aliphatic carbocycles. The fraction of sp³-hybridized carbons (Fsp3) is 0.300. The fourth-order valence-electron chi connectivity index (χ4n) is 2.62. The molecular formula is C20H23N3O3. The van der Waals surface area contributed by atoms with Crippen molar-refractivity contribution in [2.75, 3.05) is 19.8 Å². The predicted molar refractivity (Wildman–Crippen MR) is 99.6 cm³/mol. The Labute approximate surface area is 152 Å². The van der Waals surface area contributed by atoms with Crippen LogP contribution in [0.1, 0.15) is 19.0 Å². The van der Waals surface area contributed by atoms with Crippen LogP contribution in [0.4, 0.5) is 0 Å². The molecule has 2 heterocycles. The number of fused-ring (bicyclic) bond motifs is 1. The highest BCUT2D eigenvalue weighted by Gasteiger charge is 2.08. The molecular weight excluding hydrogens is 330 g/mol. The molecule has 1 amide bonds. The number of amides is 1. The van der Waals surface area contributed by atoms with Crippen LogP contribution in [0.3, 0.4) is 0 Å². The highest BCUT2D eigenvalue weighted by Crippen LogP contribution is 2.19. The van der Waals surface area contributed by atoms with Crippen LogP contribution in [0.5, 0.6) is 11.5 Å². The summed E-state index contributed by atoms with van der Waals surface area (Å²) in [6.07, 6.45) is 4.89. The summed E-state index contributed by atoms with van der Waals surface area (Å²) in [6.45, 7) is 3.45. The third-order valence-corrected chi connectivity index (χ3v) is 3.84. The Hall–Kier alpha value is -3.02. The molecule has 1 aromatic carbocycles. The number of nitrogens with one attached hydrogen (secondary N) is 1. The number of hydrogen-bond acceptors (Lipinski definition) is 4. The van der Waals surface area contributed by atoms with Gasteiger partial charge in [0.2, 0.25) is 5.91 Å². The minimum atomic E-state index is -0.0281. The first-order valence-corrected chi connectivity index (χ1v) is 8.80. The van der Waals surface area contributed by atoms with Gasteiger partial charge in [-0.15, -0.1) is 0 Å². The first kappa shape index (κ1) is 17.8. The van der Waals surface area contributed by atoms with Crippen molar-refractivity contribution < 1.29 is 14.3 Å². The second-order valence-electron chi connectivity index (χ2n) is 5.78. The van der Waals surface area contributed by atoms with Gasteiger partial charge in [0.15, 0.2) is 11.4 Å². The monoisotopic (exact) mass is 353 g/mol. The molecule has 6 nitrogen and oxygen atoms in total. The number of pyridine rings is 1. The number of rotatable bonds is 9. The van der Waals surface area contributed by atoms with Gasteiger partial charge in [0.25, 0.3) is 0 Å². The summed E-state index contributed by atoms with van der Waals surface area (Å²) >= 11 is 0. The Morgan fingerprint density at radius 1 is 1.15 bits per heavy atom. The second kappa shape index (κ2) is 8.89. The molecule has 3 rings (SSSR count). The molecule has 0 fully saturated rings. The van der Waals surface area contributed by atoms with Gasteiger partial charge in [-0.2, -0.15) is 0 Å². The Balaban J connectivity index is 1.43. The van der Waals surface area contributed by atoms with Crippen LogP contribution in [0.2, 0.25) is 0 Å². The van der Waals surface area contributed by atoms with E-state index in [0.29, 0.717) is 32.6 Å². The van der Waals surface area contributed by atoms with Crippen LogP contribution >= 0.6 is 0 Å². The largest absolute Gasteiger partial charge is 0.493 e. The van der Waals surface area contributed by atoms with Crippen molar-refractivity contribution in [2.45, 2.75) is 19.8 Å². The second-order valence-corrected chi connectivity index (χ2v) is 5.78. The number of imidazole rings is 1. The van der Waals surface area contributed by atoms with E-state index in [1.54, 1.807) is 0 Å². The molecule has 1 N–H and O–H groups in total. The summed E-state index contributed by atoms with van der Waals surface area (Å²) < 4.78 is 13.1. The summed E-state index contributed by atoms with van der Waals surface area (Å²) in [5.74, 6) is 1.51. The Bertz CT molecular complexity index is 846. The van der Waals surface area contributed by atoms with Crippen molar-refractivity contribution in [3.63, 3.8) is 0 Å². The minimum absolute atomic E-state index is 0.0281. The molecule has 0 atom stereocenters. The number of carbonyl (C=O) groups is 1. The van der Waals surface area contributed by atoms with E-state index in [4.69, 9.17) is 9.47 Å². The Morgan fingerprint density at radius 2 is 2.00 bits per heavy atom. The van der Waals surface area contributed by atoms with E-state index in [2.05, 4.69) is 10.3 Å². The van der Waals surface area contributed by atoms with Crippen molar-refractivity contribution in [1.29, 1.82) is 0 Å². The number of carbonyl (C=O) groups excluding carboxylic acids is 1. The van der Waals surface area contributed by atoms with Gasteiger partial charge in [0.05, 0.1) is 25.3 Å². The molecule has 0 aliphatic rings. The molecule has 0 radical (unpaired) electrons. The number of para-hydroxylation sites is 1. The van der Waals surface area contributed by atoms with Gasteiger partial charge in [-0.1, -0.05) is 18.2 Å². The Kier molecular flexibility index (Phi) is 6.09. The molecule has 0 aliphatic heterocycles. The number of hydrogen-bond donors (Lipinski definition) is 1. The highest BCUT2D eigenvalue weighted by molar-refractivity contribution is 5.76. The summed E-state index contributed by atoms with van der Waals surface area (Å²) in [5, 5.41) is 2.90. The summed E-state index contributed by atoms with van der Waals surface area (Å²) in [5.41, 5.74) is 1.71. The number of nitrogens with zero attached hydrogens (tertiary/aromatic N) is 2. The van der Waals surface area contributed by atoms with Crippen molar-refractivity contribution in [3.05, 3.63) is 60.6 Å². The third kappa shape index (κ3) is 4.75. The van der Waals surface area contributed by atoms with Gasteiger partial charge in [0.1, 0.15) is 5.75 Å². The van der Waals surface area contributed by atoms with E-state index < -0.39 is 0 Å². The van der Waals surface area contributed by atoms with Gasteiger partial charge in [-0.05, 0) is 31.2 Å². The van der Waals surface area contributed by atoms with Gasteiger partial charge >= 0.3 is 0 Å². The molecule has 0 saturated carbocycles. The molecule has 6 heteroatoms. The van der Waals surface area contributed by atoms with E-state index >= 15 is 0 Å². The number of benzene rings is 1. The number of aromatic nitrogens is 2. The molecule has 2 aromatic heterocycles. The van der Waals surface area contributed by atoms with Crippen LogP contribution in [0, 0.1) is 0 Å². The van der Waals surface area contributed by atoms with E-state index in [0.717, 1.165) is 22.8 Å². The molecule has 26 heavy (non-hydrogen) atoms. The summed E-state index contributed by atoms with van der Waals surface area (Å²) in [7, 11) is 0.